The minimum atomic E-state index is -2.83. The molecule has 3 N–H and O–H groups in total. The summed E-state index contributed by atoms with van der Waals surface area (Å²) in [4.78, 5) is 0. The van der Waals surface area contributed by atoms with Gasteiger partial charge in [0.05, 0.1) is 6.21 Å². The Hall–Kier alpha value is -1.56. The number of halogens is 2. The molecule has 0 aliphatic carbocycles. The molecule has 3 nitrogen and oxygen atoms in total. The molecule has 1 aromatic carbocycles. The van der Waals surface area contributed by atoms with E-state index in [0.717, 1.165) is 6.92 Å². The topological polar surface area (TPSA) is 50.4 Å². The van der Waals surface area contributed by atoms with E-state index in [1.54, 1.807) is 0 Å². The lowest BCUT2D eigenvalue weighted by Gasteiger charge is -2.09. The maximum Gasteiger partial charge on any atom is 0.270 e. The molecule has 6 heteroatoms. The third-order valence-corrected chi connectivity index (χ3v) is 1.90. The summed E-state index contributed by atoms with van der Waals surface area (Å²) in [5.41, 5.74) is 8.16. The third-order valence-electron chi connectivity index (χ3n) is 1.81. The number of hydrazone groups is 1. The number of benzene rings is 1. The van der Waals surface area contributed by atoms with Crippen LogP contribution in [0.2, 0.25) is 0 Å². The van der Waals surface area contributed by atoms with Gasteiger partial charge in [-0.25, -0.2) is 8.78 Å². The van der Waals surface area contributed by atoms with E-state index < -0.39 is 5.92 Å². The van der Waals surface area contributed by atoms with Gasteiger partial charge in [-0.15, -0.1) is 0 Å². The summed E-state index contributed by atoms with van der Waals surface area (Å²) in [7, 11) is 0. The standard InChI is InChI=1S/C10H11F2N3S/c1-10(11,12)8-4-2-7(3-5-8)6-14-15-9(13)16/h2-6H,1H3,(H3,13,15,16). The van der Waals surface area contributed by atoms with Crippen LogP contribution in [0.1, 0.15) is 18.1 Å². The van der Waals surface area contributed by atoms with E-state index in [2.05, 4.69) is 22.7 Å². The van der Waals surface area contributed by atoms with Crippen molar-refractivity contribution in [2.24, 2.45) is 10.8 Å². The highest BCUT2D eigenvalue weighted by atomic mass is 32.1. The van der Waals surface area contributed by atoms with Gasteiger partial charge in [0, 0.05) is 12.5 Å². The molecule has 0 spiro atoms. The average molecular weight is 243 g/mol. The minimum Gasteiger partial charge on any atom is -0.375 e. The summed E-state index contributed by atoms with van der Waals surface area (Å²) in [6.45, 7) is 0.852. The fourth-order valence-corrected chi connectivity index (χ4v) is 1.08. The Morgan fingerprint density at radius 3 is 2.44 bits per heavy atom. The first-order valence-corrected chi connectivity index (χ1v) is 4.87. The van der Waals surface area contributed by atoms with Crippen LogP contribution in [0.4, 0.5) is 8.78 Å². The number of nitrogens with two attached hydrogens (primary N) is 1. The maximum atomic E-state index is 12.9. The zero-order chi connectivity index (χ0) is 12.2. The number of hydrogen-bond donors (Lipinski definition) is 2. The Balaban J connectivity index is 2.72. The number of nitrogens with zero attached hydrogens (tertiary/aromatic N) is 1. The van der Waals surface area contributed by atoms with E-state index in [1.165, 1.54) is 30.5 Å². The van der Waals surface area contributed by atoms with E-state index in [-0.39, 0.29) is 10.7 Å². The molecule has 1 aromatic rings. The van der Waals surface area contributed by atoms with Gasteiger partial charge in [0.1, 0.15) is 0 Å². The van der Waals surface area contributed by atoms with E-state index in [4.69, 9.17) is 5.73 Å². The van der Waals surface area contributed by atoms with E-state index in [9.17, 15) is 8.78 Å². The lowest BCUT2D eigenvalue weighted by atomic mass is 10.1. The second-order valence-corrected chi connectivity index (χ2v) is 3.68. The molecule has 0 radical (unpaired) electrons. The van der Waals surface area contributed by atoms with Gasteiger partial charge in [0.15, 0.2) is 5.11 Å². The molecule has 16 heavy (non-hydrogen) atoms. The van der Waals surface area contributed by atoms with E-state index >= 15 is 0 Å². The van der Waals surface area contributed by atoms with Gasteiger partial charge in [-0.05, 0) is 17.8 Å². The lowest BCUT2D eigenvalue weighted by molar-refractivity contribution is 0.0175. The molecule has 0 unspecified atom stereocenters. The quantitative estimate of drug-likeness (QED) is 0.485. The van der Waals surface area contributed by atoms with Crippen molar-refractivity contribution in [2.45, 2.75) is 12.8 Å². The van der Waals surface area contributed by atoms with Gasteiger partial charge >= 0.3 is 0 Å². The second kappa shape index (κ2) is 4.98. The zero-order valence-electron chi connectivity index (χ0n) is 8.58. The molecule has 0 aromatic heterocycles. The summed E-state index contributed by atoms with van der Waals surface area (Å²) in [5, 5.41) is 3.75. The number of thiocarbonyl (C=S) groups is 1. The Morgan fingerprint density at radius 2 is 2.00 bits per heavy atom. The summed E-state index contributed by atoms with van der Waals surface area (Å²) in [5.74, 6) is -2.83. The van der Waals surface area contributed by atoms with Gasteiger partial charge in [-0.2, -0.15) is 5.10 Å². The van der Waals surface area contributed by atoms with Crippen LogP contribution >= 0.6 is 12.2 Å². The second-order valence-electron chi connectivity index (χ2n) is 3.24. The average Bonchev–Trinajstić information content (AvgIpc) is 2.16. The molecule has 0 bridgehead atoms. The number of nitrogens with one attached hydrogen (secondary N) is 1. The molecule has 0 atom stereocenters. The fourth-order valence-electron chi connectivity index (χ4n) is 1.03. The molecule has 0 aliphatic rings. The van der Waals surface area contributed by atoms with E-state index in [1.807, 2.05) is 0 Å². The van der Waals surface area contributed by atoms with Crippen LogP contribution in [0.5, 0.6) is 0 Å². The third kappa shape index (κ3) is 3.90. The van der Waals surface area contributed by atoms with Crippen molar-refractivity contribution in [3.63, 3.8) is 0 Å². The van der Waals surface area contributed by atoms with Gasteiger partial charge in [-0.3, -0.25) is 5.43 Å². The van der Waals surface area contributed by atoms with E-state index in [0.29, 0.717) is 5.56 Å². The first kappa shape index (κ1) is 12.5. The van der Waals surface area contributed by atoms with Crippen molar-refractivity contribution in [1.29, 1.82) is 0 Å². The highest BCUT2D eigenvalue weighted by Crippen LogP contribution is 2.26. The summed E-state index contributed by atoms with van der Waals surface area (Å²) < 4.78 is 25.7. The Kier molecular flexibility index (Phi) is 3.89. The van der Waals surface area contributed by atoms with Gasteiger partial charge < -0.3 is 5.73 Å². The summed E-state index contributed by atoms with van der Waals surface area (Å²) in [6.07, 6.45) is 1.44. The van der Waals surface area contributed by atoms with Crippen molar-refractivity contribution >= 4 is 23.5 Å². The van der Waals surface area contributed by atoms with Crippen LogP contribution in [0.15, 0.2) is 29.4 Å². The zero-order valence-corrected chi connectivity index (χ0v) is 9.39. The Labute approximate surface area is 97.3 Å². The van der Waals surface area contributed by atoms with Gasteiger partial charge in [-0.1, -0.05) is 24.3 Å². The first-order valence-electron chi connectivity index (χ1n) is 4.46. The molecule has 1 rings (SSSR count). The smallest absolute Gasteiger partial charge is 0.270 e. The largest absolute Gasteiger partial charge is 0.375 e. The molecular weight excluding hydrogens is 232 g/mol. The van der Waals surface area contributed by atoms with Crippen LogP contribution in [-0.4, -0.2) is 11.3 Å². The number of rotatable bonds is 3. The predicted molar refractivity (Wildman–Crippen MR) is 63.5 cm³/mol. The highest BCUT2D eigenvalue weighted by Gasteiger charge is 2.23. The van der Waals surface area contributed by atoms with Crippen LogP contribution < -0.4 is 11.2 Å². The summed E-state index contributed by atoms with van der Waals surface area (Å²) >= 11 is 4.53. The van der Waals surface area contributed by atoms with Crippen molar-refractivity contribution < 1.29 is 8.78 Å². The van der Waals surface area contributed by atoms with Crippen molar-refractivity contribution in [3.8, 4) is 0 Å². The molecule has 0 saturated heterocycles. The summed E-state index contributed by atoms with van der Waals surface area (Å²) in [6, 6.07) is 5.78. The normalized spacial score (nSPS) is 11.7. The van der Waals surface area contributed by atoms with Crippen molar-refractivity contribution in [1.82, 2.24) is 5.43 Å². The van der Waals surface area contributed by atoms with Crippen molar-refractivity contribution in [3.05, 3.63) is 35.4 Å². The molecule has 0 fully saturated rings. The van der Waals surface area contributed by atoms with Crippen molar-refractivity contribution in [2.75, 3.05) is 0 Å². The predicted octanol–water partition coefficient (Wildman–Crippen LogP) is 1.97. The van der Waals surface area contributed by atoms with Crippen LogP contribution in [0.25, 0.3) is 0 Å². The molecule has 0 aliphatic heterocycles. The Morgan fingerprint density at radius 1 is 1.44 bits per heavy atom. The number of hydrogen-bond acceptors (Lipinski definition) is 2. The van der Waals surface area contributed by atoms with Crippen LogP contribution in [-0.2, 0) is 5.92 Å². The van der Waals surface area contributed by atoms with Crippen LogP contribution in [0.3, 0.4) is 0 Å². The van der Waals surface area contributed by atoms with Crippen LogP contribution in [0, 0.1) is 0 Å². The highest BCUT2D eigenvalue weighted by molar-refractivity contribution is 7.80. The SMILES string of the molecule is CC(F)(F)c1ccc(C=NNC(N)=S)cc1. The Bertz CT molecular complexity index is 396. The molecular formula is C10H11F2N3S. The number of alkyl halides is 2. The molecule has 0 saturated carbocycles. The molecule has 0 amide bonds. The maximum absolute atomic E-state index is 12.9. The molecule has 0 heterocycles. The fraction of sp³-hybridized carbons (Fsp3) is 0.200. The van der Waals surface area contributed by atoms with Gasteiger partial charge in [0.25, 0.3) is 5.92 Å². The molecule has 86 valence electrons. The lowest BCUT2D eigenvalue weighted by Crippen LogP contribution is -2.23. The minimum absolute atomic E-state index is 0.0352. The monoisotopic (exact) mass is 243 g/mol. The van der Waals surface area contributed by atoms with Gasteiger partial charge in [0.2, 0.25) is 0 Å². The first-order chi connectivity index (χ1) is 7.39.